The Balaban J connectivity index is 2.63. The summed E-state index contributed by atoms with van der Waals surface area (Å²) in [6, 6.07) is 0.149. The number of ether oxygens (including phenoxy) is 1. The van der Waals surface area contributed by atoms with Gasteiger partial charge in [0.15, 0.2) is 0 Å². The molecule has 104 valence electrons. The zero-order valence-corrected chi connectivity index (χ0v) is 13.0. The van der Waals surface area contributed by atoms with Crippen molar-refractivity contribution in [2.75, 3.05) is 20.3 Å². The largest absolute Gasteiger partial charge is 0.382 e. The Hall–Kier alpha value is -0.490. The van der Waals surface area contributed by atoms with Gasteiger partial charge in [-0.15, -0.1) is 11.3 Å². The number of hydrogen-bond donors (Lipinski definition) is 1. The van der Waals surface area contributed by atoms with E-state index in [0.29, 0.717) is 13.2 Å². The van der Waals surface area contributed by atoms with Crippen molar-refractivity contribution in [3.8, 4) is 0 Å². The Morgan fingerprint density at radius 1 is 1.33 bits per heavy atom. The molecule has 0 radical (unpaired) electrons. The second-order valence-electron chi connectivity index (χ2n) is 5.40. The van der Waals surface area contributed by atoms with E-state index in [9.17, 15) is 0 Å². The molecule has 4 nitrogen and oxygen atoms in total. The second-order valence-corrected chi connectivity index (χ2v) is 6.43. The molecule has 1 atom stereocenters. The van der Waals surface area contributed by atoms with Gasteiger partial charge in [0.25, 0.3) is 0 Å². The Morgan fingerprint density at radius 3 is 2.50 bits per heavy atom. The molecule has 0 saturated carbocycles. The van der Waals surface area contributed by atoms with E-state index in [4.69, 9.17) is 9.57 Å². The van der Waals surface area contributed by atoms with Gasteiger partial charge in [-0.3, -0.25) is 4.84 Å². The molecule has 1 unspecified atom stereocenters. The number of nitrogens with zero attached hydrogens (tertiary/aromatic N) is 1. The lowest BCUT2D eigenvalue weighted by Gasteiger charge is -2.14. The molecule has 0 bridgehead atoms. The molecule has 0 aromatic carbocycles. The number of rotatable bonds is 6. The SMILES string of the molecule is COCCONC(C)c1sc(C(C)(C)C)nc1C. The summed E-state index contributed by atoms with van der Waals surface area (Å²) in [7, 11) is 1.66. The van der Waals surface area contributed by atoms with Gasteiger partial charge < -0.3 is 4.74 Å². The Bertz CT molecular complexity index is 372. The summed E-state index contributed by atoms with van der Waals surface area (Å²) in [6.07, 6.45) is 0. The molecular formula is C13H24N2O2S. The van der Waals surface area contributed by atoms with Crippen LogP contribution in [0.25, 0.3) is 0 Å². The highest BCUT2D eigenvalue weighted by Gasteiger charge is 2.22. The van der Waals surface area contributed by atoms with Gasteiger partial charge in [-0.1, -0.05) is 20.8 Å². The first-order chi connectivity index (χ1) is 8.36. The maximum Gasteiger partial charge on any atom is 0.0985 e. The standard InChI is InChI=1S/C13H24N2O2S/c1-9-11(10(2)15-17-8-7-16-6)18-12(14-9)13(3,4)5/h10,15H,7-8H2,1-6H3. The minimum atomic E-state index is 0.101. The number of hydroxylamine groups is 1. The molecule has 0 aliphatic rings. The first-order valence-electron chi connectivity index (χ1n) is 6.20. The fourth-order valence-electron chi connectivity index (χ4n) is 1.49. The van der Waals surface area contributed by atoms with Crippen LogP contribution in [-0.2, 0) is 15.0 Å². The lowest BCUT2D eigenvalue weighted by Crippen LogP contribution is -2.21. The van der Waals surface area contributed by atoms with Crippen molar-refractivity contribution in [1.29, 1.82) is 0 Å². The van der Waals surface area contributed by atoms with Crippen LogP contribution in [0.3, 0.4) is 0 Å². The number of aryl methyl sites for hydroxylation is 1. The van der Waals surface area contributed by atoms with Crippen LogP contribution in [0.1, 0.15) is 49.3 Å². The monoisotopic (exact) mass is 272 g/mol. The highest BCUT2D eigenvalue weighted by atomic mass is 32.1. The van der Waals surface area contributed by atoms with Crippen LogP contribution in [0.5, 0.6) is 0 Å². The number of methoxy groups -OCH3 is 1. The molecular weight excluding hydrogens is 248 g/mol. The van der Waals surface area contributed by atoms with Crippen molar-refractivity contribution < 1.29 is 9.57 Å². The first kappa shape index (κ1) is 15.6. The maximum atomic E-state index is 5.34. The summed E-state index contributed by atoms with van der Waals surface area (Å²) in [5.41, 5.74) is 4.21. The van der Waals surface area contributed by atoms with Crippen molar-refractivity contribution in [2.24, 2.45) is 0 Å². The number of hydrogen-bond acceptors (Lipinski definition) is 5. The van der Waals surface area contributed by atoms with Gasteiger partial charge in [-0.25, -0.2) is 4.98 Å². The second kappa shape index (κ2) is 6.61. The Labute approximate surface area is 114 Å². The Morgan fingerprint density at radius 2 is 2.00 bits per heavy atom. The van der Waals surface area contributed by atoms with Crippen LogP contribution in [0.2, 0.25) is 0 Å². The fourth-order valence-corrected chi connectivity index (χ4v) is 2.61. The van der Waals surface area contributed by atoms with Gasteiger partial charge in [0.1, 0.15) is 0 Å². The Kier molecular flexibility index (Phi) is 5.72. The van der Waals surface area contributed by atoms with Crippen molar-refractivity contribution >= 4 is 11.3 Å². The number of aromatic nitrogens is 1. The van der Waals surface area contributed by atoms with E-state index in [1.165, 1.54) is 9.88 Å². The zero-order chi connectivity index (χ0) is 13.8. The average molecular weight is 272 g/mol. The van der Waals surface area contributed by atoms with Crippen molar-refractivity contribution in [3.63, 3.8) is 0 Å². The smallest absolute Gasteiger partial charge is 0.0985 e. The molecule has 1 aromatic heterocycles. The normalized spacial score (nSPS) is 13.9. The van der Waals surface area contributed by atoms with Crippen LogP contribution in [-0.4, -0.2) is 25.3 Å². The third-order valence-electron chi connectivity index (χ3n) is 2.52. The minimum absolute atomic E-state index is 0.101. The summed E-state index contributed by atoms with van der Waals surface area (Å²) in [5.74, 6) is 0. The van der Waals surface area contributed by atoms with Gasteiger partial charge in [0.2, 0.25) is 0 Å². The summed E-state index contributed by atoms with van der Waals surface area (Å²) in [6.45, 7) is 11.8. The van der Waals surface area contributed by atoms with Gasteiger partial charge >= 0.3 is 0 Å². The molecule has 1 rings (SSSR count). The predicted molar refractivity (Wildman–Crippen MR) is 74.9 cm³/mol. The van der Waals surface area contributed by atoms with Gasteiger partial charge in [0, 0.05) is 17.4 Å². The molecule has 0 saturated heterocycles. The topological polar surface area (TPSA) is 43.4 Å². The highest BCUT2D eigenvalue weighted by Crippen LogP contribution is 2.32. The molecule has 0 amide bonds. The van der Waals surface area contributed by atoms with E-state index in [1.807, 2.05) is 0 Å². The average Bonchev–Trinajstić information content (AvgIpc) is 2.66. The van der Waals surface area contributed by atoms with Gasteiger partial charge in [0.05, 0.1) is 30.0 Å². The summed E-state index contributed by atoms with van der Waals surface area (Å²) in [5, 5.41) is 1.17. The zero-order valence-electron chi connectivity index (χ0n) is 12.2. The van der Waals surface area contributed by atoms with Crippen LogP contribution in [0.4, 0.5) is 0 Å². The van der Waals surface area contributed by atoms with Crippen molar-refractivity contribution in [2.45, 2.75) is 46.1 Å². The van der Waals surface area contributed by atoms with E-state index >= 15 is 0 Å². The summed E-state index contributed by atoms with van der Waals surface area (Å²) in [4.78, 5) is 11.2. The van der Waals surface area contributed by atoms with E-state index in [1.54, 1.807) is 18.4 Å². The minimum Gasteiger partial charge on any atom is -0.382 e. The van der Waals surface area contributed by atoms with Crippen molar-refractivity contribution in [1.82, 2.24) is 10.5 Å². The molecule has 5 heteroatoms. The molecule has 0 aliphatic heterocycles. The molecule has 0 spiro atoms. The summed E-state index contributed by atoms with van der Waals surface area (Å²) < 4.78 is 4.93. The van der Waals surface area contributed by atoms with E-state index in [-0.39, 0.29) is 11.5 Å². The number of nitrogens with one attached hydrogen (secondary N) is 1. The van der Waals surface area contributed by atoms with Crippen LogP contribution in [0.15, 0.2) is 0 Å². The van der Waals surface area contributed by atoms with Crippen LogP contribution >= 0.6 is 11.3 Å². The van der Waals surface area contributed by atoms with Crippen LogP contribution in [0, 0.1) is 6.92 Å². The quantitative estimate of drug-likeness (QED) is 0.638. The van der Waals surface area contributed by atoms with E-state index in [2.05, 4.69) is 45.1 Å². The molecule has 0 aliphatic carbocycles. The predicted octanol–water partition coefficient (Wildman–Crippen LogP) is 2.98. The molecule has 1 heterocycles. The molecule has 1 N–H and O–H groups in total. The highest BCUT2D eigenvalue weighted by molar-refractivity contribution is 7.12. The maximum absolute atomic E-state index is 5.34. The lowest BCUT2D eigenvalue weighted by molar-refractivity contribution is -0.00880. The van der Waals surface area contributed by atoms with Gasteiger partial charge in [-0.05, 0) is 13.8 Å². The third-order valence-corrected chi connectivity index (χ3v) is 4.28. The molecule has 0 fully saturated rings. The first-order valence-corrected chi connectivity index (χ1v) is 7.02. The van der Waals surface area contributed by atoms with Crippen molar-refractivity contribution in [3.05, 3.63) is 15.6 Å². The summed E-state index contributed by atoms with van der Waals surface area (Å²) >= 11 is 1.75. The third kappa shape index (κ3) is 4.31. The van der Waals surface area contributed by atoms with Crippen LogP contribution < -0.4 is 5.48 Å². The fraction of sp³-hybridized carbons (Fsp3) is 0.769. The molecule has 18 heavy (non-hydrogen) atoms. The number of thiazole rings is 1. The molecule has 1 aromatic rings. The van der Waals surface area contributed by atoms with E-state index in [0.717, 1.165) is 5.69 Å². The van der Waals surface area contributed by atoms with Gasteiger partial charge in [-0.2, -0.15) is 5.48 Å². The van der Waals surface area contributed by atoms with E-state index < -0.39 is 0 Å². The lowest BCUT2D eigenvalue weighted by atomic mass is 9.98.